The predicted molar refractivity (Wildman–Crippen MR) is 95.6 cm³/mol. The molecule has 2 aromatic rings. The molecule has 0 fully saturated rings. The molecule has 1 aliphatic heterocycles. The number of hydrogen-bond donors (Lipinski definition) is 1. The van der Waals surface area contributed by atoms with E-state index in [1.807, 2.05) is 0 Å². The van der Waals surface area contributed by atoms with E-state index in [0.717, 1.165) is 4.31 Å². The zero-order valence-electron chi connectivity index (χ0n) is 12.7. The highest BCUT2D eigenvalue weighted by Gasteiger charge is 2.40. The Morgan fingerprint density at radius 1 is 1.17 bits per heavy atom. The first kappa shape index (κ1) is 16.5. The van der Waals surface area contributed by atoms with E-state index in [0.29, 0.717) is 16.8 Å². The maximum Gasteiger partial charge on any atom is 0.257 e. The smallest absolute Gasteiger partial charge is 0.257 e. The van der Waals surface area contributed by atoms with Gasteiger partial charge in [-0.15, -0.1) is 0 Å². The largest absolute Gasteiger partial charge is 0.507 e. The molecular weight excluding hydrogens is 350 g/mol. The van der Waals surface area contributed by atoms with E-state index in [9.17, 15) is 13.5 Å². The minimum absolute atomic E-state index is 0.0558. The van der Waals surface area contributed by atoms with Gasteiger partial charge in [-0.2, -0.15) is 10.2 Å². The van der Waals surface area contributed by atoms with Crippen LogP contribution < -0.4 is 4.31 Å². The maximum atomic E-state index is 12.4. The molecule has 3 rings (SSSR count). The summed E-state index contributed by atoms with van der Waals surface area (Å²) in [5.41, 5.74) is 1.71. The third kappa shape index (κ3) is 2.76. The molecule has 0 unspecified atom stereocenters. The molecule has 0 bridgehead atoms. The van der Waals surface area contributed by atoms with Crippen molar-refractivity contribution in [3.8, 4) is 5.75 Å². The van der Waals surface area contributed by atoms with Crippen LogP contribution in [0.1, 0.15) is 11.1 Å². The molecule has 0 spiro atoms. The van der Waals surface area contributed by atoms with Gasteiger partial charge in [0.1, 0.15) is 11.5 Å². The standard InChI is InChI=1S/C16H14ClN3O3S/c1-20-13-8-4-3-7-12(13)15(16(17)24(20,22)23)19-18-10-11-6-2-5-9-14(11)21/h2-10,16,21H,1H3/b18-10+,19-15-/t16-/m1/s1. The lowest BCUT2D eigenvalue weighted by molar-refractivity contribution is 0.474. The van der Waals surface area contributed by atoms with Crippen molar-refractivity contribution in [2.75, 3.05) is 11.4 Å². The van der Waals surface area contributed by atoms with Crippen LogP contribution >= 0.6 is 11.6 Å². The Labute approximate surface area is 144 Å². The molecule has 0 saturated carbocycles. The van der Waals surface area contributed by atoms with Crippen LogP contribution in [0.15, 0.2) is 58.7 Å². The minimum Gasteiger partial charge on any atom is -0.507 e. The zero-order chi connectivity index (χ0) is 17.3. The van der Waals surface area contributed by atoms with E-state index in [-0.39, 0.29) is 11.5 Å². The summed E-state index contributed by atoms with van der Waals surface area (Å²) in [4.78, 5) is 0. The van der Waals surface area contributed by atoms with Crippen LogP contribution in [0, 0.1) is 0 Å². The lowest BCUT2D eigenvalue weighted by Crippen LogP contribution is -2.43. The summed E-state index contributed by atoms with van der Waals surface area (Å²) >= 11 is 6.13. The van der Waals surface area contributed by atoms with Crippen LogP contribution in [0.4, 0.5) is 5.69 Å². The van der Waals surface area contributed by atoms with Crippen molar-refractivity contribution in [3.63, 3.8) is 0 Å². The number of alkyl halides is 1. The number of rotatable bonds is 2. The normalized spacial score (nSPS) is 21.2. The van der Waals surface area contributed by atoms with Crippen LogP contribution in [0.2, 0.25) is 0 Å². The Morgan fingerprint density at radius 2 is 1.83 bits per heavy atom. The van der Waals surface area contributed by atoms with Gasteiger partial charge in [-0.3, -0.25) is 4.31 Å². The molecule has 24 heavy (non-hydrogen) atoms. The number of benzene rings is 2. The van der Waals surface area contributed by atoms with E-state index in [1.165, 1.54) is 19.3 Å². The highest BCUT2D eigenvalue weighted by atomic mass is 35.5. The number of hydrogen-bond acceptors (Lipinski definition) is 5. The van der Waals surface area contributed by atoms with Crippen molar-refractivity contribution in [1.29, 1.82) is 0 Å². The van der Waals surface area contributed by atoms with Gasteiger partial charge in [0.05, 0.1) is 11.9 Å². The van der Waals surface area contributed by atoms with Gasteiger partial charge in [0.2, 0.25) is 0 Å². The minimum atomic E-state index is -3.76. The second kappa shape index (κ2) is 6.26. The number of halogens is 1. The number of phenolic OH excluding ortho intramolecular Hbond substituents is 1. The quantitative estimate of drug-likeness (QED) is 0.505. The van der Waals surface area contributed by atoms with Gasteiger partial charge < -0.3 is 5.11 Å². The number of fused-ring (bicyclic) bond motifs is 1. The lowest BCUT2D eigenvalue weighted by atomic mass is 10.1. The number of anilines is 1. The number of nitrogens with zero attached hydrogens (tertiary/aromatic N) is 3. The summed E-state index contributed by atoms with van der Waals surface area (Å²) in [6, 6.07) is 13.5. The fourth-order valence-corrected chi connectivity index (χ4v) is 4.04. The molecule has 0 aromatic heterocycles. The summed E-state index contributed by atoms with van der Waals surface area (Å²) in [5, 5.41) is 17.6. The molecule has 124 valence electrons. The second-order valence-electron chi connectivity index (χ2n) is 5.13. The number of para-hydroxylation sites is 2. The maximum absolute atomic E-state index is 12.4. The average Bonchev–Trinajstić information content (AvgIpc) is 2.58. The molecule has 1 atom stereocenters. The fourth-order valence-electron chi connectivity index (χ4n) is 2.35. The fraction of sp³-hybridized carbons (Fsp3) is 0.125. The van der Waals surface area contributed by atoms with Gasteiger partial charge in [0, 0.05) is 18.2 Å². The van der Waals surface area contributed by atoms with E-state index in [4.69, 9.17) is 11.6 Å². The highest BCUT2D eigenvalue weighted by Crippen LogP contribution is 2.33. The van der Waals surface area contributed by atoms with Crippen molar-refractivity contribution in [2.45, 2.75) is 4.71 Å². The summed E-state index contributed by atoms with van der Waals surface area (Å²) in [6.07, 6.45) is 1.35. The van der Waals surface area contributed by atoms with Gasteiger partial charge >= 0.3 is 0 Å². The van der Waals surface area contributed by atoms with Gasteiger partial charge in [0.15, 0.2) is 4.71 Å². The van der Waals surface area contributed by atoms with Crippen molar-refractivity contribution in [2.24, 2.45) is 10.2 Å². The monoisotopic (exact) mass is 363 g/mol. The molecule has 0 amide bonds. The van der Waals surface area contributed by atoms with Crippen LogP contribution in [-0.2, 0) is 10.0 Å². The topological polar surface area (TPSA) is 82.3 Å². The van der Waals surface area contributed by atoms with Crippen LogP contribution in [-0.4, -0.2) is 37.2 Å². The number of phenols is 1. The first-order chi connectivity index (χ1) is 11.4. The molecule has 1 N–H and O–H groups in total. The molecule has 8 heteroatoms. The van der Waals surface area contributed by atoms with Gasteiger partial charge in [-0.05, 0) is 18.2 Å². The van der Waals surface area contributed by atoms with Gasteiger partial charge in [-0.25, -0.2) is 8.42 Å². The SMILES string of the molecule is CN1c2ccccc2/C(=N/N=C/c2ccccc2O)[C@H](Cl)S1(=O)=O. The Kier molecular flexibility index (Phi) is 4.29. The van der Waals surface area contributed by atoms with Gasteiger partial charge in [0.25, 0.3) is 10.0 Å². The third-order valence-corrected chi connectivity index (χ3v) is 6.27. The zero-order valence-corrected chi connectivity index (χ0v) is 14.2. The molecule has 0 saturated heterocycles. The first-order valence-corrected chi connectivity index (χ1v) is 8.97. The Bertz CT molecular complexity index is 941. The van der Waals surface area contributed by atoms with E-state index in [1.54, 1.807) is 42.5 Å². The second-order valence-corrected chi connectivity index (χ2v) is 7.88. The Morgan fingerprint density at radius 3 is 2.58 bits per heavy atom. The number of sulfonamides is 1. The van der Waals surface area contributed by atoms with E-state index < -0.39 is 14.7 Å². The highest BCUT2D eigenvalue weighted by molar-refractivity contribution is 7.95. The molecule has 0 aliphatic carbocycles. The van der Waals surface area contributed by atoms with Crippen molar-refractivity contribution >= 4 is 39.2 Å². The number of aromatic hydroxyl groups is 1. The molecule has 0 radical (unpaired) electrons. The van der Waals surface area contributed by atoms with Crippen molar-refractivity contribution < 1.29 is 13.5 Å². The molecular formula is C16H14ClN3O3S. The van der Waals surface area contributed by atoms with E-state index >= 15 is 0 Å². The lowest BCUT2D eigenvalue weighted by Gasteiger charge is -2.30. The van der Waals surface area contributed by atoms with Crippen molar-refractivity contribution in [3.05, 3.63) is 59.7 Å². The first-order valence-electron chi connectivity index (χ1n) is 7.03. The Balaban J connectivity index is 2.06. The summed E-state index contributed by atoms with van der Waals surface area (Å²) in [6.45, 7) is 0. The average molecular weight is 364 g/mol. The third-order valence-electron chi connectivity index (χ3n) is 3.68. The molecule has 6 nitrogen and oxygen atoms in total. The Hall–Kier alpha value is -2.38. The molecule has 1 aliphatic rings. The van der Waals surface area contributed by atoms with Crippen LogP contribution in [0.25, 0.3) is 0 Å². The summed E-state index contributed by atoms with van der Waals surface area (Å²) in [7, 11) is -2.31. The van der Waals surface area contributed by atoms with Crippen LogP contribution in [0.3, 0.4) is 0 Å². The molecule has 2 aromatic carbocycles. The summed E-state index contributed by atoms with van der Waals surface area (Å²) in [5.74, 6) is 0.0558. The van der Waals surface area contributed by atoms with Crippen LogP contribution in [0.5, 0.6) is 5.75 Å². The van der Waals surface area contributed by atoms with E-state index in [2.05, 4.69) is 10.2 Å². The van der Waals surface area contributed by atoms with Crippen molar-refractivity contribution in [1.82, 2.24) is 0 Å². The molecule has 1 heterocycles. The predicted octanol–water partition coefficient (Wildman–Crippen LogP) is 2.56. The summed E-state index contributed by atoms with van der Waals surface area (Å²) < 4.78 is 24.6. The van der Waals surface area contributed by atoms with Gasteiger partial charge in [-0.1, -0.05) is 41.9 Å².